The molecule has 3 N–H and O–H groups in total. The van der Waals surface area contributed by atoms with Crippen LogP contribution in [0.3, 0.4) is 0 Å². The predicted molar refractivity (Wildman–Crippen MR) is 95.1 cm³/mol. The SMILES string of the molecule is O=C(NCCc1c[nH]c2ccccc12)C(=O)Nc1ccc(C(F)(F)F)cc1. The molecule has 3 aromatic rings. The van der Waals surface area contributed by atoms with Gasteiger partial charge in [-0.1, -0.05) is 18.2 Å². The van der Waals surface area contributed by atoms with E-state index in [-0.39, 0.29) is 12.2 Å². The van der Waals surface area contributed by atoms with Crippen molar-refractivity contribution in [1.82, 2.24) is 10.3 Å². The number of amides is 2. The van der Waals surface area contributed by atoms with Gasteiger partial charge < -0.3 is 15.6 Å². The number of hydrogen-bond donors (Lipinski definition) is 3. The highest BCUT2D eigenvalue weighted by atomic mass is 19.4. The lowest BCUT2D eigenvalue weighted by atomic mass is 10.1. The van der Waals surface area contributed by atoms with E-state index < -0.39 is 23.6 Å². The number of alkyl halides is 3. The zero-order valence-electron chi connectivity index (χ0n) is 14.1. The average Bonchev–Trinajstić information content (AvgIpc) is 3.04. The van der Waals surface area contributed by atoms with Gasteiger partial charge in [0.2, 0.25) is 0 Å². The number of para-hydroxylation sites is 1. The summed E-state index contributed by atoms with van der Waals surface area (Å²) in [5, 5.41) is 5.81. The van der Waals surface area contributed by atoms with Crippen LogP contribution in [0.4, 0.5) is 18.9 Å². The largest absolute Gasteiger partial charge is 0.416 e. The molecule has 5 nitrogen and oxygen atoms in total. The van der Waals surface area contributed by atoms with E-state index in [0.29, 0.717) is 6.42 Å². The highest BCUT2D eigenvalue weighted by Gasteiger charge is 2.30. The van der Waals surface area contributed by atoms with Crippen LogP contribution in [0.5, 0.6) is 0 Å². The average molecular weight is 375 g/mol. The van der Waals surface area contributed by atoms with Gasteiger partial charge in [0.15, 0.2) is 0 Å². The zero-order chi connectivity index (χ0) is 19.4. The topological polar surface area (TPSA) is 74.0 Å². The number of carbonyl (C=O) groups excluding carboxylic acids is 2. The molecule has 3 rings (SSSR count). The molecule has 2 aromatic carbocycles. The third kappa shape index (κ3) is 4.46. The minimum absolute atomic E-state index is 0.111. The number of anilines is 1. The van der Waals surface area contributed by atoms with Crippen LogP contribution >= 0.6 is 0 Å². The predicted octanol–water partition coefficient (Wildman–Crippen LogP) is 3.48. The number of hydrogen-bond acceptors (Lipinski definition) is 2. The van der Waals surface area contributed by atoms with Gasteiger partial charge in [0.25, 0.3) is 0 Å². The Balaban J connectivity index is 1.51. The fourth-order valence-electron chi connectivity index (χ4n) is 2.66. The molecule has 1 aromatic heterocycles. The number of benzene rings is 2. The lowest BCUT2D eigenvalue weighted by Crippen LogP contribution is -2.36. The van der Waals surface area contributed by atoms with Crippen LogP contribution in [0.2, 0.25) is 0 Å². The quantitative estimate of drug-likeness (QED) is 0.611. The molecule has 2 amide bonds. The van der Waals surface area contributed by atoms with Crippen molar-refractivity contribution in [2.45, 2.75) is 12.6 Å². The maximum Gasteiger partial charge on any atom is 0.416 e. The van der Waals surface area contributed by atoms with Crippen molar-refractivity contribution in [2.24, 2.45) is 0 Å². The van der Waals surface area contributed by atoms with Gasteiger partial charge in [-0.25, -0.2) is 0 Å². The summed E-state index contributed by atoms with van der Waals surface area (Å²) in [5.41, 5.74) is 1.27. The number of carbonyl (C=O) groups is 2. The Hall–Kier alpha value is -3.29. The van der Waals surface area contributed by atoms with Gasteiger partial charge in [0, 0.05) is 29.3 Å². The van der Waals surface area contributed by atoms with Crippen molar-refractivity contribution in [3.05, 3.63) is 65.9 Å². The molecule has 0 saturated heterocycles. The highest BCUT2D eigenvalue weighted by Crippen LogP contribution is 2.29. The van der Waals surface area contributed by atoms with Crippen molar-refractivity contribution >= 4 is 28.4 Å². The van der Waals surface area contributed by atoms with E-state index in [1.54, 1.807) is 0 Å². The maximum absolute atomic E-state index is 12.5. The number of aromatic amines is 1. The van der Waals surface area contributed by atoms with Gasteiger partial charge in [-0.3, -0.25) is 9.59 Å². The molecule has 1 heterocycles. The number of nitrogens with one attached hydrogen (secondary N) is 3. The Bertz CT molecular complexity index is 962. The first kappa shape index (κ1) is 18.5. The molecule has 0 radical (unpaired) electrons. The van der Waals surface area contributed by atoms with E-state index in [0.717, 1.165) is 40.7 Å². The number of aromatic nitrogens is 1. The molecule has 8 heteroatoms. The first-order chi connectivity index (χ1) is 12.8. The second-order valence-electron chi connectivity index (χ2n) is 5.89. The van der Waals surface area contributed by atoms with Gasteiger partial charge in [-0.05, 0) is 42.3 Å². The molecule has 0 spiro atoms. The number of fused-ring (bicyclic) bond motifs is 1. The van der Waals surface area contributed by atoms with Crippen LogP contribution < -0.4 is 10.6 Å². The summed E-state index contributed by atoms with van der Waals surface area (Å²) in [6.45, 7) is 0.251. The molecule has 0 aliphatic carbocycles. The third-order valence-electron chi connectivity index (χ3n) is 4.03. The van der Waals surface area contributed by atoms with Crippen LogP contribution in [0.25, 0.3) is 10.9 Å². The first-order valence-electron chi connectivity index (χ1n) is 8.16. The Morgan fingerprint density at radius 3 is 2.37 bits per heavy atom. The van der Waals surface area contributed by atoms with Crippen LogP contribution in [0.15, 0.2) is 54.7 Å². The Kier molecular flexibility index (Phi) is 5.16. The van der Waals surface area contributed by atoms with Crippen LogP contribution in [0.1, 0.15) is 11.1 Å². The molecule has 0 saturated carbocycles. The summed E-state index contributed by atoms with van der Waals surface area (Å²) in [5.74, 6) is -1.79. The van der Waals surface area contributed by atoms with E-state index in [9.17, 15) is 22.8 Å². The molecule has 0 aliphatic heterocycles. The maximum atomic E-state index is 12.5. The summed E-state index contributed by atoms with van der Waals surface area (Å²) in [4.78, 5) is 26.8. The summed E-state index contributed by atoms with van der Waals surface area (Å²) >= 11 is 0. The minimum atomic E-state index is -4.46. The Morgan fingerprint density at radius 2 is 1.67 bits per heavy atom. The smallest absolute Gasteiger partial charge is 0.361 e. The lowest BCUT2D eigenvalue weighted by molar-refractivity contribution is -0.137. The normalized spacial score (nSPS) is 11.4. The lowest BCUT2D eigenvalue weighted by Gasteiger charge is -2.09. The zero-order valence-corrected chi connectivity index (χ0v) is 14.1. The molecule has 0 bridgehead atoms. The van der Waals surface area contributed by atoms with Crippen molar-refractivity contribution in [3.63, 3.8) is 0 Å². The Morgan fingerprint density at radius 1 is 0.963 bits per heavy atom. The van der Waals surface area contributed by atoms with Gasteiger partial charge >= 0.3 is 18.0 Å². The Labute approximate surface area is 152 Å². The summed E-state index contributed by atoms with van der Waals surface area (Å²) in [6, 6.07) is 11.6. The number of halogens is 3. The molecule has 27 heavy (non-hydrogen) atoms. The molecule has 0 atom stereocenters. The molecule has 0 unspecified atom stereocenters. The van der Waals surface area contributed by atoms with Gasteiger partial charge in [-0.2, -0.15) is 13.2 Å². The van der Waals surface area contributed by atoms with E-state index in [1.165, 1.54) is 0 Å². The van der Waals surface area contributed by atoms with Crippen molar-refractivity contribution in [2.75, 3.05) is 11.9 Å². The van der Waals surface area contributed by atoms with Crippen molar-refractivity contribution < 1.29 is 22.8 Å². The van der Waals surface area contributed by atoms with Gasteiger partial charge in [0.1, 0.15) is 0 Å². The summed E-state index contributed by atoms with van der Waals surface area (Å²) in [7, 11) is 0. The second kappa shape index (κ2) is 7.53. The molecular formula is C19H16F3N3O2. The number of H-pyrrole nitrogens is 1. The van der Waals surface area contributed by atoms with Crippen molar-refractivity contribution in [3.8, 4) is 0 Å². The standard InChI is InChI=1S/C19H16F3N3O2/c20-19(21,22)13-5-7-14(8-6-13)25-18(27)17(26)23-10-9-12-11-24-16-4-2-1-3-15(12)16/h1-8,11,24H,9-10H2,(H,23,26)(H,25,27). The van der Waals surface area contributed by atoms with Crippen LogP contribution in [-0.2, 0) is 22.2 Å². The van der Waals surface area contributed by atoms with Crippen LogP contribution in [0, 0.1) is 0 Å². The molecule has 0 fully saturated rings. The van der Waals surface area contributed by atoms with E-state index in [1.807, 2.05) is 30.5 Å². The first-order valence-corrected chi connectivity index (χ1v) is 8.16. The second-order valence-corrected chi connectivity index (χ2v) is 5.89. The molecular weight excluding hydrogens is 359 g/mol. The highest BCUT2D eigenvalue weighted by molar-refractivity contribution is 6.39. The third-order valence-corrected chi connectivity index (χ3v) is 4.03. The van der Waals surface area contributed by atoms with Crippen LogP contribution in [-0.4, -0.2) is 23.3 Å². The minimum Gasteiger partial charge on any atom is -0.361 e. The van der Waals surface area contributed by atoms with E-state index >= 15 is 0 Å². The molecule has 0 aliphatic rings. The fourth-order valence-corrected chi connectivity index (χ4v) is 2.66. The summed E-state index contributed by atoms with van der Waals surface area (Å²) in [6.07, 6.45) is -2.08. The molecule has 140 valence electrons. The van der Waals surface area contributed by atoms with E-state index in [4.69, 9.17) is 0 Å². The van der Waals surface area contributed by atoms with Gasteiger partial charge in [0.05, 0.1) is 5.56 Å². The van der Waals surface area contributed by atoms with E-state index in [2.05, 4.69) is 15.6 Å². The fraction of sp³-hybridized carbons (Fsp3) is 0.158. The summed E-state index contributed by atoms with van der Waals surface area (Å²) < 4.78 is 37.5. The van der Waals surface area contributed by atoms with Crippen molar-refractivity contribution in [1.29, 1.82) is 0 Å². The number of rotatable bonds is 4. The monoisotopic (exact) mass is 375 g/mol. The van der Waals surface area contributed by atoms with Gasteiger partial charge in [-0.15, -0.1) is 0 Å².